The molecule has 1 aliphatic carbocycles. The topological polar surface area (TPSA) is 59.0 Å². The number of rotatable bonds is 14. The molecule has 2 rings (SSSR count). The number of nitrogens with zero attached hydrogens (tertiary/aromatic N) is 1. The lowest BCUT2D eigenvalue weighted by molar-refractivity contribution is -0.0663. The van der Waals surface area contributed by atoms with E-state index in [2.05, 4.69) is 6.92 Å². The molecular formula is C27H49NO4. The predicted molar refractivity (Wildman–Crippen MR) is 131 cm³/mol. The Morgan fingerprint density at radius 3 is 2.12 bits per heavy atom. The van der Waals surface area contributed by atoms with Gasteiger partial charge in [0.2, 0.25) is 0 Å². The number of hydrogen-bond acceptors (Lipinski definition) is 4. The van der Waals surface area contributed by atoms with Gasteiger partial charge < -0.3 is 14.6 Å². The highest BCUT2D eigenvalue weighted by Gasteiger charge is 2.50. The molecule has 0 aromatic heterocycles. The van der Waals surface area contributed by atoms with Crippen molar-refractivity contribution in [2.24, 2.45) is 0 Å². The van der Waals surface area contributed by atoms with Crippen LogP contribution in [-0.4, -0.2) is 46.2 Å². The maximum Gasteiger partial charge on any atom is 0.413 e. The van der Waals surface area contributed by atoms with Gasteiger partial charge in [-0.15, -0.1) is 0 Å². The molecule has 1 aliphatic heterocycles. The van der Waals surface area contributed by atoms with E-state index in [1.54, 1.807) is 4.90 Å². The highest BCUT2D eigenvalue weighted by atomic mass is 16.6. The van der Waals surface area contributed by atoms with Gasteiger partial charge in [-0.05, 0) is 59.5 Å². The maximum absolute atomic E-state index is 12.8. The number of amides is 1. The third-order valence-electron chi connectivity index (χ3n) is 6.65. The lowest BCUT2D eigenvalue weighted by Crippen LogP contribution is -2.53. The first kappa shape index (κ1) is 27.2. The van der Waals surface area contributed by atoms with Crippen LogP contribution in [0.4, 0.5) is 4.79 Å². The summed E-state index contributed by atoms with van der Waals surface area (Å²) in [6.45, 7) is 11.9. The second kappa shape index (κ2) is 12.4. The van der Waals surface area contributed by atoms with Crippen LogP contribution in [0.15, 0.2) is 11.1 Å². The molecule has 186 valence electrons. The Bertz CT molecular complexity index is 620. The normalized spacial score (nSPS) is 21.2. The number of ether oxygens (including phenoxy) is 2. The molecule has 1 fully saturated rings. The number of aliphatic hydroxyl groups excluding tert-OH is 1. The van der Waals surface area contributed by atoms with Crippen molar-refractivity contribution in [2.45, 2.75) is 148 Å². The molecule has 5 heteroatoms. The second-order valence-electron chi connectivity index (χ2n) is 11.2. The van der Waals surface area contributed by atoms with Crippen LogP contribution in [0.5, 0.6) is 0 Å². The second-order valence-corrected chi connectivity index (χ2v) is 11.2. The van der Waals surface area contributed by atoms with E-state index in [0.29, 0.717) is 6.61 Å². The molecule has 2 aliphatic rings. The third-order valence-corrected chi connectivity index (χ3v) is 6.65. The third kappa shape index (κ3) is 8.70. The fourth-order valence-electron chi connectivity index (χ4n) is 4.71. The van der Waals surface area contributed by atoms with Crippen LogP contribution in [0.25, 0.3) is 0 Å². The average Bonchev–Trinajstić information content (AvgIpc) is 3.39. The molecule has 0 bridgehead atoms. The smallest absolute Gasteiger partial charge is 0.413 e. The first-order chi connectivity index (χ1) is 15.1. The largest absolute Gasteiger partial charge is 0.444 e. The Labute approximate surface area is 196 Å². The lowest BCUT2D eigenvalue weighted by Gasteiger charge is -2.36. The van der Waals surface area contributed by atoms with Crippen molar-refractivity contribution in [2.75, 3.05) is 6.61 Å². The SMILES string of the molecule is CCCCCCCCCCCCCC1=C([C@@H](O)[C@H]2COC(C)(C)N2C(=O)OC(C)(C)C)C1. The van der Waals surface area contributed by atoms with Gasteiger partial charge in [0.15, 0.2) is 0 Å². The Morgan fingerprint density at radius 2 is 1.59 bits per heavy atom. The van der Waals surface area contributed by atoms with Crippen LogP contribution < -0.4 is 0 Å². The van der Waals surface area contributed by atoms with Gasteiger partial charge in [-0.25, -0.2) is 4.79 Å². The molecule has 5 nitrogen and oxygen atoms in total. The van der Waals surface area contributed by atoms with Gasteiger partial charge >= 0.3 is 6.09 Å². The molecule has 0 radical (unpaired) electrons. The molecule has 0 unspecified atom stereocenters. The van der Waals surface area contributed by atoms with Crippen molar-refractivity contribution in [3.63, 3.8) is 0 Å². The molecule has 1 saturated heterocycles. The first-order valence-corrected chi connectivity index (χ1v) is 13.1. The highest BCUT2D eigenvalue weighted by molar-refractivity contribution is 5.70. The Balaban J connectivity index is 1.69. The summed E-state index contributed by atoms with van der Waals surface area (Å²) in [4.78, 5) is 14.4. The molecule has 1 amide bonds. The fraction of sp³-hybridized carbons (Fsp3) is 0.889. The van der Waals surface area contributed by atoms with Gasteiger partial charge in [-0.2, -0.15) is 0 Å². The fourth-order valence-corrected chi connectivity index (χ4v) is 4.71. The number of carbonyl (C=O) groups excluding carboxylic acids is 1. The Kier molecular flexibility index (Phi) is 10.5. The van der Waals surface area contributed by atoms with Crippen molar-refractivity contribution in [3.05, 3.63) is 11.1 Å². The van der Waals surface area contributed by atoms with Crippen molar-refractivity contribution in [3.8, 4) is 0 Å². The first-order valence-electron chi connectivity index (χ1n) is 13.1. The molecular weight excluding hydrogens is 402 g/mol. The predicted octanol–water partition coefficient (Wildman–Crippen LogP) is 7.12. The van der Waals surface area contributed by atoms with E-state index in [9.17, 15) is 9.90 Å². The standard InChI is InChI=1S/C27H49NO4/c1-7-8-9-10-11-12-13-14-15-16-17-18-21-19-22(21)24(29)23-20-31-27(5,6)28(23)25(30)32-26(2,3)4/h23-24,29H,7-20H2,1-6H3/t23-,24-/m1/s1. The van der Waals surface area contributed by atoms with Crippen molar-refractivity contribution >= 4 is 6.09 Å². The minimum atomic E-state index is -0.778. The van der Waals surface area contributed by atoms with E-state index in [4.69, 9.17) is 9.47 Å². The quantitative estimate of drug-likeness (QED) is 0.226. The van der Waals surface area contributed by atoms with Gasteiger partial charge in [0, 0.05) is 0 Å². The summed E-state index contributed by atoms with van der Waals surface area (Å²) in [6.07, 6.45) is 15.7. The molecule has 0 aromatic rings. The lowest BCUT2D eigenvalue weighted by atomic mass is 10.0. The monoisotopic (exact) mass is 451 g/mol. The maximum atomic E-state index is 12.8. The number of carbonyl (C=O) groups is 1. The summed E-state index contributed by atoms with van der Waals surface area (Å²) in [7, 11) is 0. The van der Waals surface area contributed by atoms with E-state index in [1.165, 1.54) is 76.2 Å². The summed E-state index contributed by atoms with van der Waals surface area (Å²) in [5.74, 6) is 0. The zero-order chi connectivity index (χ0) is 23.8. The highest BCUT2D eigenvalue weighted by Crippen LogP contribution is 2.42. The average molecular weight is 452 g/mol. The van der Waals surface area contributed by atoms with Gasteiger partial charge in [0.1, 0.15) is 11.3 Å². The molecule has 1 N–H and O–H groups in total. The van der Waals surface area contributed by atoms with Crippen LogP contribution in [0.2, 0.25) is 0 Å². The Hall–Kier alpha value is -1.07. The van der Waals surface area contributed by atoms with Crippen LogP contribution in [0.3, 0.4) is 0 Å². The number of unbranched alkanes of at least 4 members (excludes halogenated alkanes) is 10. The zero-order valence-corrected chi connectivity index (χ0v) is 21.7. The summed E-state index contributed by atoms with van der Waals surface area (Å²) >= 11 is 0. The van der Waals surface area contributed by atoms with Crippen molar-refractivity contribution in [1.82, 2.24) is 4.90 Å². The van der Waals surface area contributed by atoms with E-state index in [0.717, 1.165) is 18.4 Å². The van der Waals surface area contributed by atoms with E-state index in [-0.39, 0.29) is 6.04 Å². The summed E-state index contributed by atoms with van der Waals surface area (Å²) in [6, 6.07) is -0.385. The van der Waals surface area contributed by atoms with E-state index >= 15 is 0 Å². The summed E-state index contributed by atoms with van der Waals surface area (Å²) in [5.41, 5.74) is 1.13. The van der Waals surface area contributed by atoms with Crippen molar-refractivity contribution < 1.29 is 19.4 Å². The Morgan fingerprint density at radius 1 is 1.06 bits per heavy atom. The van der Waals surface area contributed by atoms with Gasteiger partial charge in [-0.3, -0.25) is 4.90 Å². The number of hydrogen-bond donors (Lipinski definition) is 1. The molecule has 0 spiro atoms. The minimum Gasteiger partial charge on any atom is -0.444 e. The molecule has 0 saturated carbocycles. The molecule has 32 heavy (non-hydrogen) atoms. The summed E-state index contributed by atoms with van der Waals surface area (Å²) < 4.78 is 11.4. The van der Waals surface area contributed by atoms with Gasteiger partial charge in [0.25, 0.3) is 0 Å². The van der Waals surface area contributed by atoms with Crippen molar-refractivity contribution in [1.29, 1.82) is 0 Å². The van der Waals surface area contributed by atoms with E-state index in [1.807, 2.05) is 34.6 Å². The van der Waals surface area contributed by atoms with Crippen LogP contribution in [0, 0.1) is 0 Å². The van der Waals surface area contributed by atoms with Crippen LogP contribution >= 0.6 is 0 Å². The van der Waals surface area contributed by atoms with Crippen LogP contribution in [0.1, 0.15) is 125 Å². The minimum absolute atomic E-state index is 0.336. The molecule has 0 aromatic carbocycles. The number of allylic oxidation sites excluding steroid dienone is 1. The molecule has 2 atom stereocenters. The number of aliphatic hydroxyl groups is 1. The summed E-state index contributed by atoms with van der Waals surface area (Å²) in [5, 5.41) is 11.0. The van der Waals surface area contributed by atoms with Gasteiger partial charge in [0.05, 0.1) is 18.8 Å². The molecule has 1 heterocycles. The zero-order valence-electron chi connectivity index (χ0n) is 21.7. The van der Waals surface area contributed by atoms with Gasteiger partial charge in [-0.1, -0.05) is 76.7 Å². The van der Waals surface area contributed by atoms with E-state index < -0.39 is 23.5 Å². The van der Waals surface area contributed by atoms with Crippen LogP contribution in [-0.2, 0) is 9.47 Å².